The summed E-state index contributed by atoms with van der Waals surface area (Å²) >= 11 is 0. The van der Waals surface area contributed by atoms with E-state index < -0.39 is 12.4 Å². The molecule has 2 N–H and O–H groups in total. The SMILES string of the molecule is O=C(O)N1CCNCC1Cc1ccc2c(c1)OC(F)(F)O2. The number of nitrogens with zero attached hydrogens (tertiary/aromatic N) is 1. The lowest BCUT2D eigenvalue weighted by Gasteiger charge is -2.34. The summed E-state index contributed by atoms with van der Waals surface area (Å²) in [5.41, 5.74) is 0.718. The minimum atomic E-state index is -3.64. The van der Waals surface area contributed by atoms with E-state index in [1.165, 1.54) is 17.0 Å². The van der Waals surface area contributed by atoms with E-state index in [0.29, 0.717) is 26.1 Å². The number of halogens is 2. The van der Waals surface area contributed by atoms with Gasteiger partial charge in [-0.05, 0) is 24.1 Å². The molecule has 1 unspecified atom stereocenters. The molecule has 3 rings (SSSR count). The second-order valence-corrected chi connectivity index (χ2v) is 4.99. The molecule has 21 heavy (non-hydrogen) atoms. The molecular formula is C13H14F2N2O4. The summed E-state index contributed by atoms with van der Waals surface area (Å²) in [6, 6.07) is 4.27. The highest BCUT2D eigenvalue weighted by Gasteiger charge is 2.43. The van der Waals surface area contributed by atoms with Gasteiger partial charge in [0.2, 0.25) is 0 Å². The van der Waals surface area contributed by atoms with Crippen molar-refractivity contribution >= 4 is 6.09 Å². The lowest BCUT2D eigenvalue weighted by Crippen LogP contribution is -2.54. The van der Waals surface area contributed by atoms with Gasteiger partial charge in [0.05, 0.1) is 6.04 Å². The van der Waals surface area contributed by atoms with E-state index in [1.54, 1.807) is 6.07 Å². The molecule has 0 radical (unpaired) electrons. The third kappa shape index (κ3) is 2.85. The van der Waals surface area contributed by atoms with Crippen molar-refractivity contribution in [2.75, 3.05) is 19.6 Å². The van der Waals surface area contributed by atoms with Crippen molar-refractivity contribution in [1.29, 1.82) is 0 Å². The molecular weight excluding hydrogens is 286 g/mol. The number of carboxylic acid groups (broad SMARTS) is 1. The summed E-state index contributed by atoms with van der Waals surface area (Å²) < 4.78 is 34.6. The van der Waals surface area contributed by atoms with Crippen molar-refractivity contribution in [3.8, 4) is 11.5 Å². The summed E-state index contributed by atoms with van der Waals surface area (Å²) in [5.74, 6) is -0.0382. The quantitative estimate of drug-likeness (QED) is 0.866. The van der Waals surface area contributed by atoms with Crippen molar-refractivity contribution in [2.45, 2.75) is 18.8 Å². The Morgan fingerprint density at radius 2 is 2.19 bits per heavy atom. The summed E-state index contributed by atoms with van der Waals surface area (Å²) in [6.45, 7) is 1.54. The summed E-state index contributed by atoms with van der Waals surface area (Å²) in [4.78, 5) is 12.5. The van der Waals surface area contributed by atoms with Gasteiger partial charge in [-0.15, -0.1) is 8.78 Å². The van der Waals surface area contributed by atoms with Gasteiger partial charge in [0.1, 0.15) is 0 Å². The Kier molecular flexibility index (Phi) is 3.32. The van der Waals surface area contributed by atoms with Crippen molar-refractivity contribution in [3.63, 3.8) is 0 Å². The van der Waals surface area contributed by atoms with Gasteiger partial charge in [0, 0.05) is 19.6 Å². The highest BCUT2D eigenvalue weighted by molar-refractivity contribution is 5.65. The van der Waals surface area contributed by atoms with Crippen molar-refractivity contribution in [3.05, 3.63) is 23.8 Å². The van der Waals surface area contributed by atoms with Crippen LogP contribution in [0.1, 0.15) is 5.56 Å². The van der Waals surface area contributed by atoms with Crippen molar-refractivity contribution < 1.29 is 28.2 Å². The van der Waals surface area contributed by atoms with Crippen LogP contribution in [0.3, 0.4) is 0 Å². The van der Waals surface area contributed by atoms with Crippen LogP contribution in [-0.2, 0) is 6.42 Å². The Bertz CT molecular complexity index is 567. The Morgan fingerprint density at radius 1 is 1.43 bits per heavy atom. The van der Waals surface area contributed by atoms with Crippen molar-refractivity contribution in [2.24, 2.45) is 0 Å². The number of ether oxygens (including phenoxy) is 2. The predicted octanol–water partition coefficient (Wildman–Crippen LogP) is 1.50. The zero-order valence-corrected chi connectivity index (χ0v) is 11.0. The third-order valence-electron chi connectivity index (χ3n) is 3.53. The maximum atomic E-state index is 13.0. The summed E-state index contributed by atoms with van der Waals surface area (Å²) in [7, 11) is 0. The molecule has 2 heterocycles. The predicted molar refractivity (Wildman–Crippen MR) is 67.7 cm³/mol. The molecule has 0 aromatic heterocycles. The fourth-order valence-corrected chi connectivity index (χ4v) is 2.59. The average Bonchev–Trinajstić information content (AvgIpc) is 2.72. The minimum absolute atomic E-state index is 0.0133. The summed E-state index contributed by atoms with van der Waals surface area (Å²) in [6.07, 6.45) is -4.20. The largest absolute Gasteiger partial charge is 0.586 e. The minimum Gasteiger partial charge on any atom is -0.465 e. The van der Waals surface area contributed by atoms with Crippen LogP contribution >= 0.6 is 0 Å². The molecule has 1 fully saturated rings. The van der Waals surface area contributed by atoms with Gasteiger partial charge in [-0.3, -0.25) is 0 Å². The molecule has 2 aliphatic heterocycles. The Balaban J connectivity index is 1.75. The van der Waals surface area contributed by atoms with Crippen LogP contribution in [-0.4, -0.2) is 48.1 Å². The van der Waals surface area contributed by atoms with Crippen LogP contribution in [0.2, 0.25) is 0 Å². The van der Waals surface area contributed by atoms with Crippen LogP contribution in [0.25, 0.3) is 0 Å². The number of amides is 1. The molecule has 1 saturated heterocycles. The zero-order chi connectivity index (χ0) is 15.0. The molecule has 8 heteroatoms. The molecule has 1 atom stereocenters. The van der Waals surface area contributed by atoms with Gasteiger partial charge >= 0.3 is 12.4 Å². The van der Waals surface area contributed by atoms with Crippen LogP contribution in [0.5, 0.6) is 11.5 Å². The number of hydrogen-bond acceptors (Lipinski definition) is 4. The molecule has 1 amide bonds. The molecule has 0 spiro atoms. The van der Waals surface area contributed by atoms with Crippen LogP contribution in [0.15, 0.2) is 18.2 Å². The first-order chi connectivity index (χ1) is 9.94. The molecule has 2 aliphatic rings. The van der Waals surface area contributed by atoms with Gasteiger partial charge < -0.3 is 24.8 Å². The maximum absolute atomic E-state index is 13.0. The van der Waals surface area contributed by atoms with Crippen molar-refractivity contribution in [1.82, 2.24) is 10.2 Å². The first-order valence-electron chi connectivity index (χ1n) is 6.54. The van der Waals surface area contributed by atoms with Gasteiger partial charge in [0.15, 0.2) is 11.5 Å². The zero-order valence-electron chi connectivity index (χ0n) is 11.0. The number of hydrogen-bond donors (Lipinski definition) is 2. The number of rotatable bonds is 2. The molecule has 0 saturated carbocycles. The number of benzene rings is 1. The van der Waals surface area contributed by atoms with Gasteiger partial charge in [-0.25, -0.2) is 4.79 Å². The number of piperazine rings is 1. The van der Waals surface area contributed by atoms with Crippen LogP contribution < -0.4 is 14.8 Å². The van der Waals surface area contributed by atoms with Crippen LogP contribution in [0, 0.1) is 0 Å². The molecule has 114 valence electrons. The first kappa shape index (κ1) is 13.9. The Hall–Kier alpha value is -2.09. The standard InChI is InChI=1S/C13H14F2N2O4/c14-13(15)20-10-2-1-8(6-11(10)21-13)5-9-7-16-3-4-17(9)12(18)19/h1-2,6,9,16H,3-5,7H2,(H,18,19). The van der Waals surface area contributed by atoms with E-state index in [-0.39, 0.29) is 17.5 Å². The molecule has 0 bridgehead atoms. The number of fused-ring (bicyclic) bond motifs is 1. The number of nitrogens with one attached hydrogen (secondary N) is 1. The van der Waals surface area contributed by atoms with Gasteiger partial charge in [-0.1, -0.05) is 6.07 Å². The second-order valence-electron chi connectivity index (χ2n) is 4.99. The van der Waals surface area contributed by atoms with E-state index >= 15 is 0 Å². The van der Waals surface area contributed by atoms with Gasteiger partial charge in [0.25, 0.3) is 0 Å². The Morgan fingerprint density at radius 3 is 2.95 bits per heavy atom. The number of carbonyl (C=O) groups is 1. The highest BCUT2D eigenvalue weighted by atomic mass is 19.3. The maximum Gasteiger partial charge on any atom is 0.586 e. The lowest BCUT2D eigenvalue weighted by molar-refractivity contribution is -0.286. The average molecular weight is 300 g/mol. The second kappa shape index (κ2) is 5.03. The van der Waals surface area contributed by atoms with E-state index in [1.807, 2.05) is 0 Å². The van der Waals surface area contributed by atoms with Gasteiger partial charge in [-0.2, -0.15) is 0 Å². The first-order valence-corrected chi connectivity index (χ1v) is 6.54. The smallest absolute Gasteiger partial charge is 0.465 e. The van der Waals surface area contributed by atoms with E-state index in [2.05, 4.69) is 14.8 Å². The fraction of sp³-hybridized carbons (Fsp3) is 0.462. The molecule has 0 aliphatic carbocycles. The monoisotopic (exact) mass is 300 g/mol. The van der Waals surface area contributed by atoms with Crippen LogP contribution in [0.4, 0.5) is 13.6 Å². The molecule has 1 aromatic rings. The third-order valence-corrected chi connectivity index (χ3v) is 3.53. The molecule has 6 nitrogen and oxygen atoms in total. The Labute approximate surface area is 119 Å². The van der Waals surface area contributed by atoms with E-state index in [4.69, 9.17) is 5.11 Å². The fourth-order valence-electron chi connectivity index (χ4n) is 2.59. The summed E-state index contributed by atoms with van der Waals surface area (Å²) in [5, 5.41) is 12.3. The topological polar surface area (TPSA) is 71.0 Å². The van der Waals surface area contributed by atoms with E-state index in [9.17, 15) is 13.6 Å². The van der Waals surface area contributed by atoms with E-state index in [0.717, 1.165) is 5.56 Å². The molecule has 1 aromatic carbocycles. The lowest BCUT2D eigenvalue weighted by atomic mass is 10.0. The number of alkyl halides is 2. The normalized spacial score (nSPS) is 23.1. The highest BCUT2D eigenvalue weighted by Crippen LogP contribution is 2.41.